The molecule has 1 N–H and O–H groups in total. The van der Waals surface area contributed by atoms with E-state index in [-0.39, 0.29) is 12.1 Å². The van der Waals surface area contributed by atoms with Crippen molar-refractivity contribution in [3.63, 3.8) is 0 Å². The first-order chi connectivity index (χ1) is 9.89. The van der Waals surface area contributed by atoms with Gasteiger partial charge in [0.2, 0.25) is 5.89 Å². The first kappa shape index (κ1) is 15.5. The molecule has 1 unspecified atom stereocenters. The van der Waals surface area contributed by atoms with Gasteiger partial charge in [-0.2, -0.15) is 5.48 Å². The third-order valence-electron chi connectivity index (χ3n) is 2.81. The van der Waals surface area contributed by atoms with Crippen molar-refractivity contribution < 1.29 is 18.8 Å². The van der Waals surface area contributed by atoms with Gasteiger partial charge in [0.1, 0.15) is 11.9 Å². The van der Waals surface area contributed by atoms with E-state index in [4.69, 9.17) is 14.0 Å². The number of aromatic nitrogens is 1. The van der Waals surface area contributed by atoms with Crippen LogP contribution in [0.1, 0.15) is 26.7 Å². The van der Waals surface area contributed by atoms with Crippen molar-refractivity contribution >= 4 is 11.7 Å². The number of hydroxylamine groups is 1. The summed E-state index contributed by atoms with van der Waals surface area (Å²) in [6.45, 7) is 6.35. The van der Waals surface area contributed by atoms with Crippen molar-refractivity contribution in [1.29, 1.82) is 0 Å². The van der Waals surface area contributed by atoms with Gasteiger partial charge in [0.25, 0.3) is 0 Å². The number of rotatable bonds is 3. The second-order valence-electron chi connectivity index (χ2n) is 5.82. The van der Waals surface area contributed by atoms with E-state index in [1.54, 1.807) is 11.1 Å². The van der Waals surface area contributed by atoms with E-state index < -0.39 is 5.60 Å². The van der Waals surface area contributed by atoms with Gasteiger partial charge in [0.15, 0.2) is 0 Å². The molecule has 116 valence electrons. The van der Waals surface area contributed by atoms with Crippen molar-refractivity contribution in [2.45, 2.75) is 32.4 Å². The van der Waals surface area contributed by atoms with Crippen LogP contribution in [-0.2, 0) is 9.57 Å². The van der Waals surface area contributed by atoms with E-state index in [0.29, 0.717) is 19.0 Å². The van der Waals surface area contributed by atoms with E-state index in [9.17, 15) is 4.79 Å². The summed E-state index contributed by atoms with van der Waals surface area (Å²) >= 11 is 0. The Bertz CT molecular complexity index is 505. The summed E-state index contributed by atoms with van der Waals surface area (Å²) in [6.07, 6.45) is 4.64. The molecule has 1 aliphatic rings. The van der Waals surface area contributed by atoms with Crippen molar-refractivity contribution in [3.8, 4) is 0 Å². The van der Waals surface area contributed by atoms with Gasteiger partial charge in [-0.3, -0.25) is 0 Å². The van der Waals surface area contributed by atoms with Gasteiger partial charge in [-0.25, -0.2) is 9.78 Å². The second-order valence-corrected chi connectivity index (χ2v) is 5.82. The molecule has 2 heterocycles. The Labute approximate surface area is 123 Å². The van der Waals surface area contributed by atoms with Crippen molar-refractivity contribution in [3.05, 3.63) is 24.4 Å². The average molecular weight is 295 g/mol. The van der Waals surface area contributed by atoms with Gasteiger partial charge in [0, 0.05) is 12.1 Å². The number of hydrogen-bond donors (Lipinski definition) is 1. The highest BCUT2D eigenvalue weighted by Crippen LogP contribution is 2.21. The zero-order chi connectivity index (χ0) is 15.5. The highest BCUT2D eigenvalue weighted by atomic mass is 16.6. The Morgan fingerprint density at radius 2 is 2.29 bits per heavy atom. The molecule has 21 heavy (non-hydrogen) atoms. The summed E-state index contributed by atoms with van der Waals surface area (Å²) in [4.78, 5) is 22.9. The standard InChI is InChI=1S/C14H21N3O4/c1-14(2,3)21-13(18)17-8-10(12-15-5-6-20-12)7-11(9-17)16-19-4/h5-7,11,16H,8-9H2,1-4H3. The van der Waals surface area contributed by atoms with Crippen LogP contribution in [0.4, 0.5) is 4.79 Å². The monoisotopic (exact) mass is 295 g/mol. The number of nitrogens with one attached hydrogen (secondary N) is 1. The maximum Gasteiger partial charge on any atom is 0.410 e. The van der Waals surface area contributed by atoms with E-state index in [0.717, 1.165) is 5.57 Å². The number of hydrogen-bond acceptors (Lipinski definition) is 6. The molecule has 1 amide bonds. The van der Waals surface area contributed by atoms with Gasteiger partial charge in [-0.05, 0) is 20.8 Å². The first-order valence-electron chi connectivity index (χ1n) is 6.76. The number of carbonyl (C=O) groups excluding carboxylic acids is 1. The lowest BCUT2D eigenvalue weighted by molar-refractivity contribution is 0.0172. The molecule has 1 aromatic heterocycles. The highest BCUT2D eigenvalue weighted by molar-refractivity contribution is 5.73. The quantitative estimate of drug-likeness (QED) is 0.857. The lowest BCUT2D eigenvalue weighted by Crippen LogP contribution is -2.48. The Hall–Kier alpha value is -1.86. The van der Waals surface area contributed by atoms with Crippen LogP contribution < -0.4 is 5.48 Å². The molecule has 1 aliphatic heterocycles. The van der Waals surface area contributed by atoms with Crippen LogP contribution in [0.3, 0.4) is 0 Å². The molecule has 0 bridgehead atoms. The molecular weight excluding hydrogens is 274 g/mol. The number of ether oxygens (including phenoxy) is 1. The summed E-state index contributed by atoms with van der Waals surface area (Å²) in [7, 11) is 1.53. The van der Waals surface area contributed by atoms with Crippen LogP contribution in [0.5, 0.6) is 0 Å². The van der Waals surface area contributed by atoms with Crippen LogP contribution in [0.15, 0.2) is 23.0 Å². The molecule has 0 radical (unpaired) electrons. The average Bonchev–Trinajstić information content (AvgIpc) is 2.90. The molecule has 0 aromatic carbocycles. The molecule has 7 nitrogen and oxygen atoms in total. The first-order valence-corrected chi connectivity index (χ1v) is 6.76. The third-order valence-corrected chi connectivity index (χ3v) is 2.81. The molecular formula is C14H21N3O4. The minimum absolute atomic E-state index is 0.154. The Morgan fingerprint density at radius 3 is 2.86 bits per heavy atom. The largest absolute Gasteiger partial charge is 0.445 e. The summed E-state index contributed by atoms with van der Waals surface area (Å²) in [5, 5.41) is 0. The predicted octanol–water partition coefficient (Wildman–Crippen LogP) is 1.83. The molecule has 0 saturated carbocycles. The molecule has 2 rings (SSSR count). The van der Waals surface area contributed by atoms with Gasteiger partial charge in [-0.15, -0.1) is 0 Å². The number of amides is 1. The highest BCUT2D eigenvalue weighted by Gasteiger charge is 2.29. The number of oxazole rings is 1. The fraction of sp³-hybridized carbons (Fsp3) is 0.571. The van der Waals surface area contributed by atoms with Crippen molar-refractivity contribution in [2.24, 2.45) is 0 Å². The van der Waals surface area contributed by atoms with Gasteiger partial charge < -0.3 is 18.9 Å². The Kier molecular flexibility index (Phi) is 4.64. The van der Waals surface area contributed by atoms with Gasteiger partial charge in [-0.1, -0.05) is 6.08 Å². The zero-order valence-electron chi connectivity index (χ0n) is 12.8. The molecule has 7 heteroatoms. The normalized spacial score (nSPS) is 19.3. The van der Waals surface area contributed by atoms with Crippen molar-refractivity contribution in [2.75, 3.05) is 20.2 Å². The third kappa shape index (κ3) is 4.30. The maximum absolute atomic E-state index is 12.2. The van der Waals surface area contributed by atoms with Crippen LogP contribution >= 0.6 is 0 Å². The summed E-state index contributed by atoms with van der Waals surface area (Å²) in [5.74, 6) is 0.492. The minimum Gasteiger partial charge on any atom is -0.445 e. The number of carbonyl (C=O) groups is 1. The Balaban J connectivity index is 2.14. The molecule has 1 atom stereocenters. The molecule has 0 saturated heterocycles. The molecule has 0 spiro atoms. The van der Waals surface area contributed by atoms with Crippen LogP contribution in [0, 0.1) is 0 Å². The van der Waals surface area contributed by atoms with Gasteiger partial charge in [0.05, 0.1) is 25.9 Å². The molecule has 1 aromatic rings. The maximum atomic E-state index is 12.2. The Morgan fingerprint density at radius 1 is 1.52 bits per heavy atom. The molecule has 0 aliphatic carbocycles. The second kappa shape index (κ2) is 6.28. The van der Waals surface area contributed by atoms with E-state index in [1.165, 1.54) is 13.4 Å². The minimum atomic E-state index is -0.536. The summed E-state index contributed by atoms with van der Waals surface area (Å²) in [5.41, 5.74) is 3.10. The van der Waals surface area contributed by atoms with Gasteiger partial charge >= 0.3 is 6.09 Å². The molecule has 0 fully saturated rings. The van der Waals surface area contributed by atoms with Crippen LogP contribution in [-0.4, -0.2) is 47.8 Å². The van der Waals surface area contributed by atoms with Crippen molar-refractivity contribution in [1.82, 2.24) is 15.4 Å². The lowest BCUT2D eigenvalue weighted by Gasteiger charge is -2.32. The SMILES string of the molecule is CONC1C=C(c2ncco2)CN(C(=O)OC(C)(C)C)C1. The van der Waals surface area contributed by atoms with Crippen LogP contribution in [0.2, 0.25) is 0 Å². The summed E-state index contributed by atoms with van der Waals surface area (Å²) < 4.78 is 10.7. The fourth-order valence-electron chi connectivity index (χ4n) is 2.07. The van der Waals surface area contributed by atoms with E-state index >= 15 is 0 Å². The fourth-order valence-corrected chi connectivity index (χ4v) is 2.07. The topological polar surface area (TPSA) is 76.8 Å². The smallest absolute Gasteiger partial charge is 0.410 e. The van der Waals surface area contributed by atoms with Crippen LogP contribution in [0.25, 0.3) is 5.57 Å². The van der Waals surface area contributed by atoms with E-state index in [2.05, 4.69) is 10.5 Å². The van der Waals surface area contributed by atoms with E-state index in [1.807, 2.05) is 26.8 Å². The zero-order valence-corrected chi connectivity index (χ0v) is 12.8. The number of nitrogens with zero attached hydrogens (tertiary/aromatic N) is 2. The lowest BCUT2D eigenvalue weighted by atomic mass is 10.1. The predicted molar refractivity (Wildman–Crippen MR) is 76.2 cm³/mol. The summed E-state index contributed by atoms with van der Waals surface area (Å²) in [6, 6.07) is -0.154.